The zero-order valence-electron chi connectivity index (χ0n) is 10.2. The number of hydrogen-bond donors (Lipinski definition) is 1. The van der Waals surface area contributed by atoms with Crippen LogP contribution in [0.25, 0.3) is 0 Å². The average molecular weight is 300 g/mol. The summed E-state index contributed by atoms with van der Waals surface area (Å²) in [6, 6.07) is 5.97. The Bertz CT molecular complexity index is 528. The Morgan fingerprint density at radius 3 is 2.89 bits per heavy atom. The Hall–Kier alpha value is -0.620. The molecule has 1 aromatic carbocycles. The van der Waals surface area contributed by atoms with Crippen LogP contribution in [0.5, 0.6) is 0 Å². The third kappa shape index (κ3) is 3.45. The maximum absolute atomic E-state index is 6.27. The van der Waals surface area contributed by atoms with Crippen LogP contribution in [0.2, 0.25) is 5.02 Å². The van der Waals surface area contributed by atoms with Crippen LogP contribution in [0.1, 0.15) is 17.5 Å². The maximum Gasteiger partial charge on any atom is 0.179 e. The molecule has 3 nitrogen and oxygen atoms in total. The maximum atomic E-state index is 6.27. The van der Waals surface area contributed by atoms with Crippen molar-refractivity contribution < 1.29 is 0 Å². The minimum absolute atomic E-state index is 0.767. The van der Waals surface area contributed by atoms with E-state index in [0.29, 0.717) is 0 Å². The van der Waals surface area contributed by atoms with Crippen LogP contribution in [0.3, 0.4) is 0 Å². The minimum atomic E-state index is 0.767. The fraction of sp³-hybridized carbons (Fsp3) is 0.333. The molecule has 1 heterocycles. The summed E-state index contributed by atoms with van der Waals surface area (Å²) < 4.78 is 0.929. The van der Waals surface area contributed by atoms with Crippen molar-refractivity contribution in [3.05, 3.63) is 33.8 Å². The molecular weight excluding hydrogens is 286 g/mol. The van der Waals surface area contributed by atoms with E-state index in [4.69, 9.17) is 11.6 Å². The second-order valence-electron chi connectivity index (χ2n) is 3.70. The van der Waals surface area contributed by atoms with Gasteiger partial charge >= 0.3 is 0 Å². The van der Waals surface area contributed by atoms with Crippen molar-refractivity contribution in [2.24, 2.45) is 0 Å². The molecule has 18 heavy (non-hydrogen) atoms. The Balaban J connectivity index is 2.24. The van der Waals surface area contributed by atoms with Crippen LogP contribution in [-0.4, -0.2) is 16.7 Å². The van der Waals surface area contributed by atoms with Crippen molar-refractivity contribution in [1.29, 1.82) is 0 Å². The summed E-state index contributed by atoms with van der Waals surface area (Å²) in [5, 5.41) is 13.2. The van der Waals surface area contributed by atoms with E-state index < -0.39 is 0 Å². The van der Waals surface area contributed by atoms with Crippen LogP contribution in [-0.2, 0) is 6.54 Å². The SMILES string of the molecule is CCNCc1cccc(Cl)c1Sc1nnc(C)s1. The molecule has 0 amide bonds. The van der Waals surface area contributed by atoms with E-state index in [2.05, 4.69) is 28.5 Å². The van der Waals surface area contributed by atoms with Crippen molar-refractivity contribution in [3.63, 3.8) is 0 Å². The molecule has 0 unspecified atom stereocenters. The van der Waals surface area contributed by atoms with E-state index >= 15 is 0 Å². The molecule has 2 aromatic rings. The number of halogens is 1. The zero-order valence-corrected chi connectivity index (χ0v) is 12.6. The van der Waals surface area contributed by atoms with Crippen LogP contribution in [0.4, 0.5) is 0 Å². The number of rotatable bonds is 5. The molecule has 6 heteroatoms. The number of aromatic nitrogens is 2. The standard InChI is InChI=1S/C12H14ClN3S2/c1-3-14-7-9-5-4-6-10(13)11(9)18-12-16-15-8(2)17-12/h4-6,14H,3,7H2,1-2H3. The summed E-state index contributed by atoms with van der Waals surface area (Å²) >= 11 is 9.44. The highest BCUT2D eigenvalue weighted by Crippen LogP contribution is 2.37. The van der Waals surface area contributed by atoms with E-state index in [9.17, 15) is 0 Å². The van der Waals surface area contributed by atoms with Gasteiger partial charge in [-0.25, -0.2) is 0 Å². The van der Waals surface area contributed by atoms with Crippen LogP contribution in [0, 0.1) is 6.92 Å². The summed E-state index contributed by atoms with van der Waals surface area (Å²) in [6.45, 7) is 5.80. The normalized spacial score (nSPS) is 10.8. The zero-order chi connectivity index (χ0) is 13.0. The highest BCUT2D eigenvalue weighted by atomic mass is 35.5. The lowest BCUT2D eigenvalue weighted by Gasteiger charge is -2.09. The highest BCUT2D eigenvalue weighted by molar-refractivity contribution is 8.01. The van der Waals surface area contributed by atoms with E-state index in [1.165, 1.54) is 5.56 Å². The highest BCUT2D eigenvalue weighted by Gasteiger charge is 2.11. The third-order valence-electron chi connectivity index (χ3n) is 2.31. The van der Waals surface area contributed by atoms with Gasteiger partial charge in [0.2, 0.25) is 0 Å². The second kappa shape index (κ2) is 6.52. The van der Waals surface area contributed by atoms with Gasteiger partial charge in [-0.2, -0.15) is 0 Å². The van der Waals surface area contributed by atoms with Crippen molar-refractivity contribution in [3.8, 4) is 0 Å². The Morgan fingerprint density at radius 1 is 1.39 bits per heavy atom. The number of benzene rings is 1. The fourth-order valence-electron chi connectivity index (χ4n) is 1.47. The van der Waals surface area contributed by atoms with Crippen molar-refractivity contribution in [2.75, 3.05) is 6.54 Å². The van der Waals surface area contributed by atoms with Gasteiger partial charge in [-0.05, 0) is 25.1 Å². The van der Waals surface area contributed by atoms with E-state index in [-0.39, 0.29) is 0 Å². The largest absolute Gasteiger partial charge is 0.313 e. The van der Waals surface area contributed by atoms with Gasteiger partial charge in [0.05, 0.1) is 5.02 Å². The van der Waals surface area contributed by atoms with Gasteiger partial charge in [0.15, 0.2) is 4.34 Å². The molecule has 0 radical (unpaired) electrons. The Kier molecular flexibility index (Phi) is 5.00. The quantitative estimate of drug-likeness (QED) is 0.912. The molecule has 0 saturated carbocycles. The molecule has 1 N–H and O–H groups in total. The smallest absolute Gasteiger partial charge is 0.179 e. The summed E-state index contributed by atoms with van der Waals surface area (Å²) in [5.74, 6) is 0. The van der Waals surface area contributed by atoms with Crippen molar-refractivity contribution in [2.45, 2.75) is 29.6 Å². The lowest BCUT2D eigenvalue weighted by atomic mass is 10.2. The lowest BCUT2D eigenvalue weighted by Crippen LogP contribution is -2.12. The predicted octanol–water partition coefficient (Wildman–Crippen LogP) is 3.76. The minimum Gasteiger partial charge on any atom is -0.313 e. The summed E-state index contributed by atoms with van der Waals surface area (Å²) in [6.07, 6.45) is 0. The molecule has 0 aliphatic heterocycles. The third-order valence-corrected chi connectivity index (χ3v) is 4.81. The average Bonchev–Trinajstić information content (AvgIpc) is 2.76. The van der Waals surface area contributed by atoms with Gasteiger partial charge in [0.1, 0.15) is 5.01 Å². The van der Waals surface area contributed by atoms with Crippen LogP contribution >= 0.6 is 34.7 Å². The molecule has 96 valence electrons. The van der Waals surface area contributed by atoms with E-state index in [1.807, 2.05) is 19.1 Å². The number of hydrogen-bond acceptors (Lipinski definition) is 5. The molecule has 2 rings (SSSR count). The number of aryl methyl sites for hydroxylation is 1. The first-order valence-electron chi connectivity index (χ1n) is 5.66. The summed E-state index contributed by atoms with van der Waals surface area (Å²) in [7, 11) is 0. The van der Waals surface area contributed by atoms with Gasteiger partial charge in [-0.1, -0.05) is 53.8 Å². The molecule has 1 aromatic heterocycles. The van der Waals surface area contributed by atoms with Crippen molar-refractivity contribution >= 4 is 34.7 Å². The first-order valence-corrected chi connectivity index (χ1v) is 7.68. The first kappa shape index (κ1) is 13.8. The predicted molar refractivity (Wildman–Crippen MR) is 77.6 cm³/mol. The van der Waals surface area contributed by atoms with Gasteiger partial charge in [0.25, 0.3) is 0 Å². The van der Waals surface area contributed by atoms with E-state index in [0.717, 1.165) is 32.4 Å². The van der Waals surface area contributed by atoms with Crippen LogP contribution in [0.15, 0.2) is 27.4 Å². The van der Waals surface area contributed by atoms with Crippen molar-refractivity contribution in [1.82, 2.24) is 15.5 Å². The van der Waals surface area contributed by atoms with Gasteiger partial charge < -0.3 is 5.32 Å². The lowest BCUT2D eigenvalue weighted by molar-refractivity contribution is 0.718. The molecule has 0 aliphatic carbocycles. The topological polar surface area (TPSA) is 37.8 Å². The number of nitrogens with one attached hydrogen (secondary N) is 1. The van der Waals surface area contributed by atoms with Gasteiger partial charge in [-0.3, -0.25) is 0 Å². The summed E-state index contributed by atoms with van der Waals surface area (Å²) in [5.41, 5.74) is 1.20. The second-order valence-corrected chi connectivity index (χ2v) is 6.54. The monoisotopic (exact) mass is 299 g/mol. The Labute approximate surface area is 120 Å². The molecule has 0 spiro atoms. The molecule has 0 bridgehead atoms. The van der Waals surface area contributed by atoms with Crippen LogP contribution < -0.4 is 5.32 Å². The molecule has 0 atom stereocenters. The fourth-order valence-corrected chi connectivity index (χ4v) is 3.67. The van der Waals surface area contributed by atoms with Gasteiger partial charge in [0, 0.05) is 11.4 Å². The Morgan fingerprint density at radius 2 is 2.22 bits per heavy atom. The molecule has 0 saturated heterocycles. The molecular formula is C12H14ClN3S2. The summed E-state index contributed by atoms with van der Waals surface area (Å²) in [4.78, 5) is 1.07. The number of nitrogens with zero attached hydrogens (tertiary/aromatic N) is 2. The van der Waals surface area contributed by atoms with E-state index in [1.54, 1.807) is 23.1 Å². The van der Waals surface area contributed by atoms with Gasteiger partial charge in [-0.15, -0.1) is 10.2 Å². The molecule has 0 aliphatic rings. The first-order chi connectivity index (χ1) is 8.70. The molecule has 0 fully saturated rings.